The van der Waals surface area contributed by atoms with Gasteiger partial charge in [-0.05, 0) is 61.1 Å². The van der Waals surface area contributed by atoms with Crippen LogP contribution in [0.25, 0.3) is 10.9 Å². The molecule has 3 aromatic rings. The molecule has 30 heavy (non-hydrogen) atoms. The van der Waals surface area contributed by atoms with Crippen molar-refractivity contribution < 1.29 is 4.74 Å². The molecule has 2 aliphatic rings. The van der Waals surface area contributed by atoms with Crippen molar-refractivity contribution in [3.8, 4) is 5.75 Å². The number of methoxy groups -OCH3 is 1. The number of halogens is 1. The van der Waals surface area contributed by atoms with Crippen molar-refractivity contribution in [2.45, 2.75) is 37.8 Å². The number of nitrogens with zero attached hydrogens (tertiary/aromatic N) is 1. The highest BCUT2D eigenvalue weighted by Gasteiger charge is 2.40. The van der Waals surface area contributed by atoms with Crippen LogP contribution in [0.1, 0.15) is 29.9 Å². The van der Waals surface area contributed by atoms with E-state index in [9.17, 15) is 9.59 Å². The molecule has 1 aliphatic carbocycles. The van der Waals surface area contributed by atoms with Crippen LogP contribution in [0.3, 0.4) is 0 Å². The fourth-order valence-corrected chi connectivity index (χ4v) is 5.27. The molecule has 2 N–H and O–H groups in total. The molecule has 0 bridgehead atoms. The van der Waals surface area contributed by atoms with E-state index in [1.807, 2.05) is 18.2 Å². The lowest BCUT2D eigenvalue weighted by atomic mass is 9.73. The molecule has 2 heterocycles. The zero-order chi connectivity index (χ0) is 20.0. The van der Waals surface area contributed by atoms with E-state index >= 15 is 0 Å². The predicted octanol–water partition coefficient (Wildman–Crippen LogP) is 2.83. The van der Waals surface area contributed by atoms with E-state index in [-0.39, 0.29) is 29.7 Å². The number of fused-ring (bicyclic) bond motifs is 4. The number of benzene rings is 2. The minimum Gasteiger partial charge on any atom is -0.496 e. The van der Waals surface area contributed by atoms with Gasteiger partial charge in [0.1, 0.15) is 5.75 Å². The first-order valence-electron chi connectivity index (χ1n) is 10.3. The molecule has 0 spiro atoms. The number of hydrogen-bond acceptors (Lipinski definition) is 4. The maximum absolute atomic E-state index is 12.8. The third-order valence-corrected chi connectivity index (χ3v) is 6.65. The van der Waals surface area contributed by atoms with E-state index in [0.717, 1.165) is 31.6 Å². The van der Waals surface area contributed by atoms with Crippen molar-refractivity contribution in [2.24, 2.45) is 5.92 Å². The largest absolute Gasteiger partial charge is 0.496 e. The Morgan fingerprint density at radius 1 is 1.13 bits per heavy atom. The van der Waals surface area contributed by atoms with Crippen molar-refractivity contribution >= 4 is 23.3 Å². The van der Waals surface area contributed by atoms with Crippen LogP contribution in [-0.4, -0.2) is 29.2 Å². The molecule has 1 saturated heterocycles. The summed E-state index contributed by atoms with van der Waals surface area (Å²) in [4.78, 5) is 28.2. The zero-order valence-corrected chi connectivity index (χ0v) is 17.7. The number of aromatic nitrogens is 2. The van der Waals surface area contributed by atoms with Crippen molar-refractivity contribution in [3.05, 3.63) is 74.4 Å². The maximum Gasteiger partial charge on any atom is 0.328 e. The number of hydrogen-bond donors (Lipinski definition) is 2. The minimum absolute atomic E-state index is 0. The molecular formula is C23H26ClN3O3. The van der Waals surface area contributed by atoms with Gasteiger partial charge in [-0.2, -0.15) is 0 Å². The van der Waals surface area contributed by atoms with Crippen LogP contribution in [0.15, 0.2) is 52.1 Å². The quantitative estimate of drug-likeness (QED) is 0.671. The number of para-hydroxylation sites is 1. The molecule has 1 unspecified atom stereocenters. The number of aromatic amines is 1. The van der Waals surface area contributed by atoms with E-state index in [4.69, 9.17) is 4.74 Å². The topological polar surface area (TPSA) is 76.1 Å². The Bertz CT molecular complexity index is 1190. The van der Waals surface area contributed by atoms with Gasteiger partial charge in [0.2, 0.25) is 0 Å². The molecule has 6 nitrogen and oxygen atoms in total. The van der Waals surface area contributed by atoms with Gasteiger partial charge in [-0.1, -0.05) is 24.3 Å². The first kappa shape index (κ1) is 20.7. The molecule has 0 amide bonds. The van der Waals surface area contributed by atoms with Gasteiger partial charge in [-0.25, -0.2) is 4.79 Å². The summed E-state index contributed by atoms with van der Waals surface area (Å²) >= 11 is 0. The SMILES string of the molecule is COc1cccc2c1CC[C@H]1CNC(CCn3c(=O)[nH]c4ccccc4c3=O)[C@@H]21.Cl. The minimum atomic E-state index is -0.339. The molecule has 5 rings (SSSR count). The third-order valence-electron chi connectivity index (χ3n) is 6.65. The highest BCUT2D eigenvalue weighted by molar-refractivity contribution is 5.85. The van der Waals surface area contributed by atoms with E-state index in [0.29, 0.717) is 29.3 Å². The van der Waals surface area contributed by atoms with Gasteiger partial charge in [0.15, 0.2) is 0 Å². The van der Waals surface area contributed by atoms with Crippen LogP contribution in [0.5, 0.6) is 5.75 Å². The van der Waals surface area contributed by atoms with Crippen molar-refractivity contribution in [2.75, 3.05) is 13.7 Å². The zero-order valence-electron chi connectivity index (χ0n) is 16.9. The summed E-state index contributed by atoms with van der Waals surface area (Å²) in [6.07, 6.45) is 2.91. The molecule has 3 atom stereocenters. The summed E-state index contributed by atoms with van der Waals surface area (Å²) in [7, 11) is 1.73. The second kappa shape index (κ2) is 8.28. The Morgan fingerprint density at radius 3 is 2.80 bits per heavy atom. The first-order chi connectivity index (χ1) is 14.2. The summed E-state index contributed by atoms with van der Waals surface area (Å²) < 4.78 is 6.93. The summed E-state index contributed by atoms with van der Waals surface area (Å²) in [5.74, 6) is 1.95. The lowest BCUT2D eigenvalue weighted by Crippen LogP contribution is -2.38. The molecule has 1 aliphatic heterocycles. The molecule has 0 saturated carbocycles. The van der Waals surface area contributed by atoms with Gasteiger partial charge < -0.3 is 15.0 Å². The van der Waals surface area contributed by atoms with E-state index in [1.165, 1.54) is 15.7 Å². The first-order valence-corrected chi connectivity index (χ1v) is 10.3. The van der Waals surface area contributed by atoms with Gasteiger partial charge in [0.25, 0.3) is 5.56 Å². The Morgan fingerprint density at radius 2 is 1.97 bits per heavy atom. The van der Waals surface area contributed by atoms with Gasteiger partial charge in [-0.15, -0.1) is 12.4 Å². The van der Waals surface area contributed by atoms with Gasteiger partial charge >= 0.3 is 5.69 Å². The van der Waals surface area contributed by atoms with Crippen molar-refractivity contribution in [1.29, 1.82) is 0 Å². The Kier molecular flexibility index (Phi) is 5.71. The smallest absolute Gasteiger partial charge is 0.328 e. The summed E-state index contributed by atoms with van der Waals surface area (Å²) in [5, 5.41) is 4.21. The highest BCUT2D eigenvalue weighted by atomic mass is 35.5. The van der Waals surface area contributed by atoms with Crippen molar-refractivity contribution in [1.82, 2.24) is 14.9 Å². The number of nitrogens with one attached hydrogen (secondary N) is 2. The van der Waals surface area contributed by atoms with Crippen molar-refractivity contribution in [3.63, 3.8) is 0 Å². The molecule has 2 aromatic carbocycles. The van der Waals surface area contributed by atoms with Crippen LogP contribution >= 0.6 is 12.4 Å². The van der Waals surface area contributed by atoms with E-state index in [2.05, 4.69) is 22.4 Å². The van der Waals surface area contributed by atoms with Gasteiger partial charge in [0, 0.05) is 18.5 Å². The summed E-state index contributed by atoms with van der Waals surface area (Å²) in [5.41, 5.74) is 2.70. The standard InChI is InChI=1S/C23H25N3O3.ClH/c1-29-20-8-4-6-16-15(20)10-9-14-13-24-19(21(14)16)11-12-26-22(27)17-5-2-3-7-18(17)25-23(26)28;/h2-8,14,19,21,24H,9-13H2,1H3,(H,25,28);1H/t14-,19?,21+;/m0./s1. The number of ether oxygens (including phenoxy) is 1. The second-order valence-electron chi connectivity index (χ2n) is 8.09. The molecule has 1 aromatic heterocycles. The van der Waals surface area contributed by atoms with E-state index < -0.39 is 0 Å². The molecule has 0 radical (unpaired) electrons. The molecule has 158 valence electrons. The Balaban J connectivity index is 0.00000218. The van der Waals surface area contributed by atoms with Crippen LogP contribution in [0.2, 0.25) is 0 Å². The molecule has 7 heteroatoms. The highest BCUT2D eigenvalue weighted by Crippen LogP contribution is 2.45. The average molecular weight is 428 g/mol. The van der Waals surface area contributed by atoms with Gasteiger partial charge in [-0.3, -0.25) is 9.36 Å². The van der Waals surface area contributed by atoms with Crippen LogP contribution < -0.4 is 21.3 Å². The Labute approximate surface area is 180 Å². The normalized spacial score (nSPS) is 22.2. The summed E-state index contributed by atoms with van der Waals surface area (Å²) in [6, 6.07) is 13.7. The maximum atomic E-state index is 12.8. The lowest BCUT2D eigenvalue weighted by Gasteiger charge is -2.32. The monoisotopic (exact) mass is 427 g/mol. The number of H-pyrrole nitrogens is 1. The third kappa shape index (κ3) is 3.34. The second-order valence-corrected chi connectivity index (χ2v) is 8.09. The fourth-order valence-electron chi connectivity index (χ4n) is 5.27. The van der Waals surface area contributed by atoms with Gasteiger partial charge in [0.05, 0.1) is 18.0 Å². The number of rotatable bonds is 4. The summed E-state index contributed by atoms with van der Waals surface area (Å²) in [6.45, 7) is 1.38. The average Bonchev–Trinajstić information content (AvgIpc) is 3.16. The van der Waals surface area contributed by atoms with E-state index in [1.54, 1.807) is 19.2 Å². The lowest BCUT2D eigenvalue weighted by molar-refractivity contribution is 0.371. The van der Waals surface area contributed by atoms with Crippen LogP contribution in [0.4, 0.5) is 0 Å². The van der Waals surface area contributed by atoms with Crippen LogP contribution in [-0.2, 0) is 13.0 Å². The van der Waals surface area contributed by atoms with Crippen LogP contribution in [0, 0.1) is 5.92 Å². The fraction of sp³-hybridized carbons (Fsp3) is 0.391. The molecular weight excluding hydrogens is 402 g/mol. The Hall–Kier alpha value is -2.57. The molecule has 1 fully saturated rings. The predicted molar refractivity (Wildman–Crippen MR) is 120 cm³/mol.